The normalized spacial score (nSPS) is 11.3. The summed E-state index contributed by atoms with van der Waals surface area (Å²) in [6.45, 7) is 0. The van der Waals surface area contributed by atoms with E-state index in [1.807, 2.05) is 0 Å². The van der Waals surface area contributed by atoms with Gasteiger partial charge in [-0.05, 0) is 48.5 Å². The number of benzene rings is 3. The fourth-order valence-electron chi connectivity index (χ4n) is 3.34. The lowest BCUT2D eigenvalue weighted by Gasteiger charge is -2.14. The molecule has 0 aliphatic carbocycles. The monoisotopic (exact) mass is 554 g/mol. The van der Waals surface area contributed by atoms with Crippen molar-refractivity contribution in [1.29, 1.82) is 0 Å². The molecule has 4 aromatic rings. The van der Waals surface area contributed by atoms with Crippen molar-refractivity contribution in [1.82, 2.24) is 0 Å². The maximum atomic E-state index is 13.8. The van der Waals surface area contributed by atoms with Crippen LogP contribution in [-0.4, -0.2) is 20.2 Å². The second kappa shape index (κ2) is 10.2. The fraction of sp³-hybridized carbons (Fsp3) is 0.120. The van der Waals surface area contributed by atoms with Crippen LogP contribution < -0.4 is 24.4 Å². The van der Waals surface area contributed by atoms with Crippen LogP contribution in [0.4, 0.5) is 13.2 Å². The largest absolute Gasteiger partial charge is 0.497 e. The summed E-state index contributed by atoms with van der Waals surface area (Å²) >= 11 is 12.1. The smallest absolute Gasteiger partial charge is 0.453 e. The van der Waals surface area contributed by atoms with Gasteiger partial charge in [-0.2, -0.15) is 13.2 Å². The second-order valence-electron chi connectivity index (χ2n) is 7.35. The molecule has 0 atom stereocenters. The minimum atomic E-state index is -5.08. The Morgan fingerprint density at radius 2 is 1.46 bits per heavy atom. The number of ether oxygens (including phenoxy) is 4. The van der Waals surface area contributed by atoms with Crippen molar-refractivity contribution in [2.24, 2.45) is 0 Å². The van der Waals surface area contributed by atoms with Crippen LogP contribution in [0.5, 0.6) is 28.7 Å². The van der Waals surface area contributed by atoms with Gasteiger partial charge in [0, 0.05) is 6.07 Å². The zero-order chi connectivity index (χ0) is 26.9. The summed E-state index contributed by atoms with van der Waals surface area (Å²) in [4.78, 5) is 25.7. The topological polar surface area (TPSA) is 84.2 Å². The molecule has 7 nitrogen and oxygen atoms in total. The number of alkyl halides is 3. The van der Waals surface area contributed by atoms with Gasteiger partial charge in [0.05, 0.1) is 29.7 Å². The van der Waals surface area contributed by atoms with Crippen molar-refractivity contribution in [2.45, 2.75) is 6.18 Å². The van der Waals surface area contributed by atoms with Crippen molar-refractivity contribution in [3.05, 3.63) is 86.2 Å². The molecule has 12 heteroatoms. The molecule has 0 amide bonds. The predicted octanol–water partition coefficient (Wildman–Crippen LogP) is 7.15. The standard InChI is InChI=1S/C25H15Cl2F3O7/c1-33-12-3-5-13(6-4-12)35-22-20(31)15-8-7-14(11-18(15)37-23(22)25(28,29)30)36-24(32)19-16(26)9-10-17(27)21(19)34-2/h3-11H,1-2H3. The Labute approximate surface area is 216 Å². The molecule has 0 unspecified atom stereocenters. The highest BCUT2D eigenvalue weighted by Gasteiger charge is 2.40. The first-order valence-electron chi connectivity index (χ1n) is 10.3. The Balaban J connectivity index is 1.75. The number of carbonyl (C=O) groups is 1. The molecular formula is C25H15Cl2F3O7. The number of esters is 1. The minimum Gasteiger partial charge on any atom is -0.497 e. The van der Waals surface area contributed by atoms with Gasteiger partial charge in [0.2, 0.25) is 11.2 Å². The van der Waals surface area contributed by atoms with E-state index in [1.54, 1.807) is 0 Å². The van der Waals surface area contributed by atoms with Gasteiger partial charge >= 0.3 is 12.1 Å². The van der Waals surface area contributed by atoms with E-state index in [-0.39, 0.29) is 38.2 Å². The predicted molar refractivity (Wildman–Crippen MR) is 129 cm³/mol. The summed E-state index contributed by atoms with van der Waals surface area (Å²) in [6, 6.07) is 11.6. The summed E-state index contributed by atoms with van der Waals surface area (Å²) in [5.74, 6) is -3.60. The zero-order valence-corrected chi connectivity index (χ0v) is 20.5. The van der Waals surface area contributed by atoms with E-state index < -0.39 is 34.7 Å². The van der Waals surface area contributed by atoms with Crippen LogP contribution in [0, 0.1) is 0 Å². The lowest BCUT2D eigenvalue weighted by atomic mass is 10.2. The van der Waals surface area contributed by atoms with E-state index in [9.17, 15) is 22.8 Å². The first-order chi connectivity index (χ1) is 17.5. The van der Waals surface area contributed by atoms with Crippen LogP contribution in [0.3, 0.4) is 0 Å². The van der Waals surface area contributed by atoms with Gasteiger partial charge in [-0.15, -0.1) is 0 Å². The zero-order valence-electron chi connectivity index (χ0n) is 18.9. The Kier molecular flexibility index (Phi) is 7.24. The molecule has 4 rings (SSSR count). The number of halogens is 5. The van der Waals surface area contributed by atoms with Crippen molar-refractivity contribution >= 4 is 40.1 Å². The molecule has 0 aliphatic rings. The number of fused-ring (bicyclic) bond motifs is 1. The molecule has 0 aliphatic heterocycles. The van der Waals surface area contributed by atoms with Gasteiger partial charge in [0.15, 0.2) is 5.75 Å². The Bertz CT molecular complexity index is 1550. The second-order valence-corrected chi connectivity index (χ2v) is 8.16. The molecule has 0 radical (unpaired) electrons. The van der Waals surface area contributed by atoms with Gasteiger partial charge in [0.1, 0.15) is 28.4 Å². The van der Waals surface area contributed by atoms with Crippen molar-refractivity contribution in [3.63, 3.8) is 0 Å². The van der Waals surface area contributed by atoms with Crippen LogP contribution >= 0.6 is 23.2 Å². The highest BCUT2D eigenvalue weighted by atomic mass is 35.5. The van der Waals surface area contributed by atoms with Crippen LogP contribution in [-0.2, 0) is 6.18 Å². The first-order valence-corrected chi connectivity index (χ1v) is 11.0. The Hall–Kier alpha value is -3.89. The highest BCUT2D eigenvalue weighted by Crippen LogP contribution is 2.39. The summed E-state index contributed by atoms with van der Waals surface area (Å²) in [5.41, 5.74) is -1.77. The van der Waals surface area contributed by atoms with Gasteiger partial charge in [-0.1, -0.05) is 23.2 Å². The number of methoxy groups -OCH3 is 2. The van der Waals surface area contributed by atoms with E-state index >= 15 is 0 Å². The average molecular weight is 555 g/mol. The third-order valence-corrected chi connectivity index (χ3v) is 5.65. The van der Waals surface area contributed by atoms with E-state index in [4.69, 9.17) is 46.6 Å². The van der Waals surface area contributed by atoms with Gasteiger partial charge in [-0.3, -0.25) is 4.79 Å². The lowest BCUT2D eigenvalue weighted by Crippen LogP contribution is -2.16. The third-order valence-electron chi connectivity index (χ3n) is 5.04. The van der Waals surface area contributed by atoms with E-state index in [0.717, 1.165) is 12.1 Å². The molecule has 37 heavy (non-hydrogen) atoms. The molecular weight excluding hydrogens is 540 g/mol. The van der Waals surface area contributed by atoms with Crippen molar-refractivity contribution in [3.8, 4) is 28.7 Å². The molecule has 0 fully saturated rings. The number of rotatable bonds is 6. The lowest BCUT2D eigenvalue weighted by molar-refractivity contribution is -0.154. The summed E-state index contributed by atoms with van der Waals surface area (Å²) in [7, 11) is 2.68. The summed E-state index contributed by atoms with van der Waals surface area (Å²) < 4.78 is 67.1. The quantitative estimate of drug-likeness (QED) is 0.185. The molecule has 0 N–H and O–H groups in total. The van der Waals surface area contributed by atoms with Crippen molar-refractivity contribution < 1.29 is 41.3 Å². The molecule has 0 saturated carbocycles. The first kappa shape index (κ1) is 26.2. The molecule has 192 valence electrons. The molecule has 0 bridgehead atoms. The number of hydrogen-bond donors (Lipinski definition) is 0. The van der Waals surface area contributed by atoms with E-state index in [1.165, 1.54) is 56.7 Å². The van der Waals surface area contributed by atoms with Gasteiger partial charge in [0.25, 0.3) is 5.76 Å². The van der Waals surface area contributed by atoms with Crippen LogP contribution in [0.15, 0.2) is 63.8 Å². The maximum Gasteiger partial charge on any atom is 0.453 e. The average Bonchev–Trinajstić information content (AvgIpc) is 2.86. The molecule has 3 aromatic carbocycles. The summed E-state index contributed by atoms with van der Waals surface area (Å²) in [5, 5.41) is -0.185. The molecule has 1 aromatic heterocycles. The van der Waals surface area contributed by atoms with Crippen molar-refractivity contribution in [2.75, 3.05) is 14.2 Å². The SMILES string of the molecule is COc1ccc(Oc2c(C(F)(F)F)oc3cc(OC(=O)c4c(Cl)ccc(Cl)c4OC)ccc3c2=O)cc1. The van der Waals surface area contributed by atoms with Gasteiger partial charge in [-0.25, -0.2) is 4.79 Å². The maximum absolute atomic E-state index is 13.8. The van der Waals surface area contributed by atoms with Crippen LogP contribution in [0.2, 0.25) is 10.0 Å². The third kappa shape index (κ3) is 5.30. The summed E-state index contributed by atoms with van der Waals surface area (Å²) in [6.07, 6.45) is -5.08. The number of hydrogen-bond acceptors (Lipinski definition) is 7. The van der Waals surface area contributed by atoms with Crippen LogP contribution in [0.25, 0.3) is 11.0 Å². The highest BCUT2D eigenvalue weighted by molar-refractivity contribution is 6.37. The van der Waals surface area contributed by atoms with Crippen LogP contribution in [0.1, 0.15) is 16.1 Å². The molecule has 1 heterocycles. The molecule has 0 saturated heterocycles. The Morgan fingerprint density at radius 1 is 0.838 bits per heavy atom. The van der Waals surface area contributed by atoms with Gasteiger partial charge < -0.3 is 23.4 Å². The molecule has 0 spiro atoms. The Morgan fingerprint density at radius 3 is 2.08 bits per heavy atom. The number of carbonyl (C=O) groups excluding carboxylic acids is 1. The van der Waals surface area contributed by atoms with E-state index in [2.05, 4.69) is 0 Å². The van der Waals surface area contributed by atoms with E-state index in [0.29, 0.717) is 5.75 Å². The fourth-order valence-corrected chi connectivity index (χ4v) is 3.80. The minimum absolute atomic E-state index is 0.0294.